The summed E-state index contributed by atoms with van der Waals surface area (Å²) in [6.07, 6.45) is 0. The Morgan fingerprint density at radius 3 is 2.20 bits per heavy atom. The number of benzene rings is 2. The second-order valence-corrected chi connectivity index (χ2v) is 5.04. The SMILES string of the molecule is CCOc1ccccc1OCC(=O)NCCOc1ccc(OC)cc1. The van der Waals surface area contributed by atoms with Gasteiger partial charge in [-0.2, -0.15) is 0 Å². The highest BCUT2D eigenvalue weighted by Gasteiger charge is 2.07. The lowest BCUT2D eigenvalue weighted by atomic mass is 10.3. The van der Waals surface area contributed by atoms with E-state index in [0.717, 1.165) is 11.5 Å². The molecular formula is C19H23NO5. The third kappa shape index (κ3) is 6.25. The van der Waals surface area contributed by atoms with Crippen LogP contribution in [-0.2, 0) is 4.79 Å². The molecule has 0 unspecified atom stereocenters. The molecule has 0 aliphatic rings. The van der Waals surface area contributed by atoms with Crippen molar-refractivity contribution in [1.29, 1.82) is 0 Å². The third-order valence-electron chi connectivity index (χ3n) is 3.26. The van der Waals surface area contributed by atoms with E-state index in [9.17, 15) is 4.79 Å². The van der Waals surface area contributed by atoms with Crippen molar-refractivity contribution in [3.63, 3.8) is 0 Å². The summed E-state index contributed by atoms with van der Waals surface area (Å²) in [6, 6.07) is 14.5. The first-order valence-corrected chi connectivity index (χ1v) is 8.11. The van der Waals surface area contributed by atoms with Crippen LogP contribution in [-0.4, -0.2) is 39.4 Å². The Bertz CT molecular complexity index is 657. The average Bonchev–Trinajstić information content (AvgIpc) is 2.65. The van der Waals surface area contributed by atoms with E-state index >= 15 is 0 Å². The molecule has 2 aromatic rings. The van der Waals surface area contributed by atoms with Crippen molar-refractivity contribution in [2.75, 3.05) is 33.5 Å². The van der Waals surface area contributed by atoms with E-state index in [0.29, 0.717) is 31.3 Å². The molecular weight excluding hydrogens is 322 g/mol. The van der Waals surface area contributed by atoms with Crippen molar-refractivity contribution in [2.45, 2.75) is 6.92 Å². The molecule has 0 atom stereocenters. The molecule has 0 fully saturated rings. The summed E-state index contributed by atoms with van der Waals surface area (Å²) >= 11 is 0. The summed E-state index contributed by atoms with van der Waals surface area (Å²) in [6.45, 7) is 3.11. The van der Waals surface area contributed by atoms with Crippen molar-refractivity contribution >= 4 is 5.91 Å². The van der Waals surface area contributed by atoms with E-state index in [-0.39, 0.29) is 12.5 Å². The lowest BCUT2D eigenvalue weighted by Crippen LogP contribution is -2.32. The number of carbonyl (C=O) groups is 1. The fourth-order valence-corrected chi connectivity index (χ4v) is 2.07. The number of nitrogens with one attached hydrogen (secondary N) is 1. The quantitative estimate of drug-likeness (QED) is 0.671. The van der Waals surface area contributed by atoms with Gasteiger partial charge >= 0.3 is 0 Å². The van der Waals surface area contributed by atoms with Gasteiger partial charge in [-0.1, -0.05) is 12.1 Å². The van der Waals surface area contributed by atoms with Gasteiger partial charge in [0, 0.05) is 0 Å². The Labute approximate surface area is 147 Å². The van der Waals surface area contributed by atoms with E-state index in [4.69, 9.17) is 18.9 Å². The normalized spacial score (nSPS) is 10.0. The molecule has 0 aromatic heterocycles. The van der Waals surface area contributed by atoms with Crippen LogP contribution in [0.25, 0.3) is 0 Å². The Hall–Kier alpha value is -2.89. The molecule has 25 heavy (non-hydrogen) atoms. The third-order valence-corrected chi connectivity index (χ3v) is 3.26. The van der Waals surface area contributed by atoms with Crippen LogP contribution in [0.2, 0.25) is 0 Å². The van der Waals surface area contributed by atoms with Crippen LogP contribution in [0.15, 0.2) is 48.5 Å². The zero-order valence-electron chi connectivity index (χ0n) is 14.5. The first-order chi connectivity index (χ1) is 12.2. The number of methoxy groups -OCH3 is 1. The number of rotatable bonds is 10. The topological polar surface area (TPSA) is 66.0 Å². The molecule has 0 heterocycles. The first kappa shape index (κ1) is 18.4. The second-order valence-electron chi connectivity index (χ2n) is 5.04. The monoisotopic (exact) mass is 345 g/mol. The molecule has 0 saturated carbocycles. The Kier molecular flexibility index (Phi) is 7.43. The summed E-state index contributed by atoms with van der Waals surface area (Å²) in [5, 5.41) is 2.74. The molecule has 2 rings (SSSR count). The highest BCUT2D eigenvalue weighted by atomic mass is 16.5. The molecule has 2 aromatic carbocycles. The molecule has 0 bridgehead atoms. The van der Waals surface area contributed by atoms with Crippen LogP contribution < -0.4 is 24.3 Å². The van der Waals surface area contributed by atoms with Crippen LogP contribution in [0.4, 0.5) is 0 Å². The number of hydrogen-bond donors (Lipinski definition) is 1. The van der Waals surface area contributed by atoms with Gasteiger partial charge in [0.2, 0.25) is 0 Å². The Morgan fingerprint density at radius 1 is 0.920 bits per heavy atom. The van der Waals surface area contributed by atoms with Crippen molar-refractivity contribution in [2.24, 2.45) is 0 Å². The number of ether oxygens (including phenoxy) is 4. The van der Waals surface area contributed by atoms with Gasteiger partial charge in [-0.25, -0.2) is 0 Å². The van der Waals surface area contributed by atoms with Gasteiger partial charge in [-0.3, -0.25) is 4.79 Å². The predicted molar refractivity (Wildman–Crippen MR) is 94.6 cm³/mol. The largest absolute Gasteiger partial charge is 0.497 e. The van der Waals surface area contributed by atoms with E-state index in [1.54, 1.807) is 19.2 Å². The lowest BCUT2D eigenvalue weighted by molar-refractivity contribution is -0.123. The Balaban J connectivity index is 1.67. The summed E-state index contributed by atoms with van der Waals surface area (Å²) in [7, 11) is 1.61. The fourth-order valence-electron chi connectivity index (χ4n) is 2.07. The standard InChI is InChI=1S/C19H23NO5/c1-3-23-17-6-4-5-7-18(17)25-14-19(21)20-12-13-24-16-10-8-15(22-2)9-11-16/h4-11H,3,12-14H2,1-2H3,(H,20,21). The van der Waals surface area contributed by atoms with Crippen LogP contribution in [0.3, 0.4) is 0 Å². The highest BCUT2D eigenvalue weighted by molar-refractivity contribution is 5.77. The molecule has 134 valence electrons. The molecule has 6 nitrogen and oxygen atoms in total. The fraction of sp³-hybridized carbons (Fsp3) is 0.316. The molecule has 0 saturated heterocycles. The van der Waals surface area contributed by atoms with Crippen molar-refractivity contribution in [3.05, 3.63) is 48.5 Å². The van der Waals surface area contributed by atoms with E-state index < -0.39 is 0 Å². The minimum Gasteiger partial charge on any atom is -0.497 e. The van der Waals surface area contributed by atoms with E-state index in [1.807, 2.05) is 43.3 Å². The minimum absolute atomic E-state index is 0.0768. The molecule has 0 radical (unpaired) electrons. The van der Waals surface area contributed by atoms with Crippen molar-refractivity contribution in [1.82, 2.24) is 5.32 Å². The van der Waals surface area contributed by atoms with E-state index in [1.165, 1.54) is 0 Å². The maximum atomic E-state index is 11.8. The maximum Gasteiger partial charge on any atom is 0.258 e. The van der Waals surface area contributed by atoms with Gasteiger partial charge in [0.15, 0.2) is 18.1 Å². The van der Waals surface area contributed by atoms with Gasteiger partial charge in [0.25, 0.3) is 5.91 Å². The van der Waals surface area contributed by atoms with Gasteiger partial charge in [-0.05, 0) is 43.3 Å². The number of amides is 1. The van der Waals surface area contributed by atoms with Gasteiger partial charge in [0.1, 0.15) is 18.1 Å². The van der Waals surface area contributed by atoms with Crippen LogP contribution >= 0.6 is 0 Å². The predicted octanol–water partition coefficient (Wildman–Crippen LogP) is 2.67. The summed E-state index contributed by atoms with van der Waals surface area (Å²) in [5.41, 5.74) is 0. The lowest BCUT2D eigenvalue weighted by Gasteiger charge is -2.12. The summed E-state index contributed by atoms with van der Waals surface area (Å²) in [5.74, 6) is 2.45. The summed E-state index contributed by atoms with van der Waals surface area (Å²) < 4.78 is 21.6. The Morgan fingerprint density at radius 2 is 1.56 bits per heavy atom. The van der Waals surface area contributed by atoms with Gasteiger partial charge < -0.3 is 24.3 Å². The molecule has 1 N–H and O–H groups in total. The van der Waals surface area contributed by atoms with Crippen LogP contribution in [0.1, 0.15) is 6.92 Å². The number of hydrogen-bond acceptors (Lipinski definition) is 5. The molecule has 0 spiro atoms. The van der Waals surface area contributed by atoms with Crippen molar-refractivity contribution < 1.29 is 23.7 Å². The van der Waals surface area contributed by atoms with Crippen LogP contribution in [0, 0.1) is 0 Å². The molecule has 6 heteroatoms. The van der Waals surface area contributed by atoms with Gasteiger partial charge in [-0.15, -0.1) is 0 Å². The number of carbonyl (C=O) groups excluding carboxylic acids is 1. The molecule has 0 aliphatic carbocycles. The van der Waals surface area contributed by atoms with Gasteiger partial charge in [0.05, 0.1) is 20.3 Å². The summed E-state index contributed by atoms with van der Waals surface area (Å²) in [4.78, 5) is 11.8. The van der Waals surface area contributed by atoms with E-state index in [2.05, 4.69) is 5.32 Å². The van der Waals surface area contributed by atoms with Crippen LogP contribution in [0.5, 0.6) is 23.0 Å². The highest BCUT2D eigenvalue weighted by Crippen LogP contribution is 2.26. The second kappa shape index (κ2) is 10.1. The zero-order valence-corrected chi connectivity index (χ0v) is 14.5. The number of para-hydroxylation sites is 2. The molecule has 0 aliphatic heterocycles. The average molecular weight is 345 g/mol. The minimum atomic E-state index is -0.218. The first-order valence-electron chi connectivity index (χ1n) is 8.11. The van der Waals surface area contributed by atoms with Crippen molar-refractivity contribution in [3.8, 4) is 23.0 Å². The maximum absolute atomic E-state index is 11.8. The smallest absolute Gasteiger partial charge is 0.258 e. The molecule has 1 amide bonds. The zero-order chi connectivity index (χ0) is 17.9.